The molecule has 19 heavy (non-hydrogen) atoms. The van der Waals surface area contributed by atoms with Crippen LogP contribution in [-0.4, -0.2) is 24.1 Å². The Hall–Kier alpha value is -1.25. The Morgan fingerprint density at radius 1 is 1.32 bits per heavy atom. The topological polar surface area (TPSA) is 28.2 Å². The molecule has 0 bridgehead atoms. The summed E-state index contributed by atoms with van der Waals surface area (Å²) in [6, 6.07) is 4.79. The number of nitrogens with one attached hydrogen (secondary N) is 1. The molecule has 2 heterocycles. The van der Waals surface area contributed by atoms with Crippen LogP contribution in [0.2, 0.25) is 0 Å². The molecule has 0 radical (unpaired) electrons. The summed E-state index contributed by atoms with van der Waals surface area (Å²) in [6.07, 6.45) is 9.49. The molecule has 0 saturated carbocycles. The molecule has 1 saturated heterocycles. The Morgan fingerprint density at radius 3 is 2.79 bits per heavy atom. The van der Waals surface area contributed by atoms with Gasteiger partial charge in [0.2, 0.25) is 0 Å². The molecule has 1 N–H and O–H groups in total. The molecule has 106 valence electrons. The Bertz CT molecular complexity index is 372. The second-order valence-corrected chi connectivity index (χ2v) is 5.46. The monoisotopic (exact) mass is 261 g/mol. The van der Waals surface area contributed by atoms with Crippen LogP contribution in [0.3, 0.4) is 0 Å². The third kappa shape index (κ3) is 3.85. The number of anilines is 2. The summed E-state index contributed by atoms with van der Waals surface area (Å²) in [7, 11) is 0. The highest BCUT2D eigenvalue weighted by molar-refractivity contribution is 5.66. The first-order valence-corrected chi connectivity index (χ1v) is 7.81. The van der Waals surface area contributed by atoms with Crippen LogP contribution in [0, 0.1) is 0 Å². The largest absolute Gasteiger partial charge is 0.379 e. The third-order valence-corrected chi connectivity index (χ3v) is 3.95. The minimum Gasteiger partial charge on any atom is -0.379 e. The van der Waals surface area contributed by atoms with E-state index in [1.807, 2.05) is 12.3 Å². The maximum atomic E-state index is 4.59. The lowest BCUT2D eigenvalue weighted by Gasteiger charge is -2.24. The van der Waals surface area contributed by atoms with Crippen LogP contribution in [0.15, 0.2) is 18.3 Å². The van der Waals surface area contributed by atoms with Crippen molar-refractivity contribution in [3.8, 4) is 0 Å². The minimum absolute atomic E-state index is 0.575. The third-order valence-electron chi connectivity index (χ3n) is 3.95. The second-order valence-electron chi connectivity index (χ2n) is 5.46. The highest BCUT2D eigenvalue weighted by atomic mass is 15.2. The van der Waals surface area contributed by atoms with Crippen molar-refractivity contribution in [1.29, 1.82) is 0 Å². The fraction of sp³-hybridized carbons (Fsp3) is 0.688. The highest BCUT2D eigenvalue weighted by Crippen LogP contribution is 2.27. The van der Waals surface area contributed by atoms with Gasteiger partial charge in [-0.2, -0.15) is 0 Å². The summed E-state index contributed by atoms with van der Waals surface area (Å²) < 4.78 is 0. The molecule has 1 aromatic heterocycles. The van der Waals surface area contributed by atoms with Crippen LogP contribution in [0.4, 0.5) is 11.5 Å². The van der Waals surface area contributed by atoms with Gasteiger partial charge in [-0.05, 0) is 37.8 Å². The van der Waals surface area contributed by atoms with Gasteiger partial charge in [0.1, 0.15) is 0 Å². The van der Waals surface area contributed by atoms with Crippen LogP contribution >= 0.6 is 0 Å². The quantitative estimate of drug-likeness (QED) is 0.802. The first kappa shape index (κ1) is 14.2. The van der Waals surface area contributed by atoms with E-state index in [4.69, 9.17) is 0 Å². The molecule has 1 unspecified atom stereocenters. The Kier molecular flexibility index (Phi) is 5.49. The molecular formula is C16H27N3. The van der Waals surface area contributed by atoms with Crippen LogP contribution in [-0.2, 0) is 0 Å². The van der Waals surface area contributed by atoms with Crippen LogP contribution < -0.4 is 10.2 Å². The average Bonchev–Trinajstić information content (AvgIpc) is 2.98. The zero-order valence-electron chi connectivity index (χ0n) is 12.4. The molecule has 1 fully saturated rings. The maximum absolute atomic E-state index is 4.59. The molecule has 3 heteroatoms. The van der Waals surface area contributed by atoms with Gasteiger partial charge in [-0.1, -0.05) is 26.7 Å². The van der Waals surface area contributed by atoms with Gasteiger partial charge >= 0.3 is 0 Å². The van der Waals surface area contributed by atoms with Gasteiger partial charge in [0, 0.05) is 25.3 Å². The average molecular weight is 261 g/mol. The van der Waals surface area contributed by atoms with E-state index in [1.54, 1.807) is 0 Å². The number of nitrogens with zero attached hydrogens (tertiary/aromatic N) is 2. The van der Waals surface area contributed by atoms with Gasteiger partial charge in [-0.25, -0.2) is 4.98 Å². The molecule has 0 aliphatic carbocycles. The van der Waals surface area contributed by atoms with Gasteiger partial charge < -0.3 is 10.2 Å². The van der Waals surface area contributed by atoms with E-state index in [2.05, 4.69) is 35.1 Å². The zero-order valence-corrected chi connectivity index (χ0v) is 12.4. The smallest absolute Gasteiger partial charge is 0.151 e. The lowest BCUT2D eigenvalue weighted by atomic mass is 10.1. The van der Waals surface area contributed by atoms with Crippen molar-refractivity contribution in [3.05, 3.63) is 18.3 Å². The normalized spacial score (nSPS) is 16.6. The summed E-state index contributed by atoms with van der Waals surface area (Å²) in [4.78, 5) is 7.00. The lowest BCUT2D eigenvalue weighted by Crippen LogP contribution is -2.24. The van der Waals surface area contributed by atoms with Crippen molar-refractivity contribution in [2.75, 3.05) is 23.3 Å². The molecule has 1 aromatic rings. The van der Waals surface area contributed by atoms with E-state index in [-0.39, 0.29) is 0 Å². The predicted octanol–water partition coefficient (Wildman–Crippen LogP) is 4.06. The van der Waals surface area contributed by atoms with E-state index >= 15 is 0 Å². The van der Waals surface area contributed by atoms with Gasteiger partial charge in [-0.3, -0.25) is 0 Å². The highest BCUT2D eigenvalue weighted by Gasteiger charge is 2.17. The van der Waals surface area contributed by atoms with Crippen molar-refractivity contribution in [2.45, 2.75) is 58.4 Å². The lowest BCUT2D eigenvalue weighted by molar-refractivity contribution is 0.593. The number of unbranched alkanes of at least 4 members (excludes halogenated alkanes) is 1. The van der Waals surface area contributed by atoms with E-state index in [0.29, 0.717) is 6.04 Å². The summed E-state index contributed by atoms with van der Waals surface area (Å²) in [5.74, 6) is 1.15. The van der Waals surface area contributed by atoms with Gasteiger partial charge in [0.05, 0.1) is 5.69 Å². The van der Waals surface area contributed by atoms with E-state index in [9.17, 15) is 0 Å². The first-order chi connectivity index (χ1) is 9.35. The predicted molar refractivity (Wildman–Crippen MR) is 82.9 cm³/mol. The number of pyridine rings is 1. The number of aromatic nitrogens is 1. The maximum Gasteiger partial charge on any atom is 0.151 e. The van der Waals surface area contributed by atoms with Gasteiger partial charge in [0.25, 0.3) is 0 Å². The van der Waals surface area contributed by atoms with Crippen LogP contribution in [0.25, 0.3) is 0 Å². The first-order valence-electron chi connectivity index (χ1n) is 7.81. The standard InChI is InChI=1S/C16H27N3/c1-3-5-9-14(4-2)18-15-10-8-11-17-16(15)19-12-6-7-13-19/h8,10-11,14,18H,3-7,9,12-13H2,1-2H3. The van der Waals surface area contributed by atoms with Gasteiger partial charge in [-0.15, -0.1) is 0 Å². The summed E-state index contributed by atoms with van der Waals surface area (Å²) >= 11 is 0. The summed E-state index contributed by atoms with van der Waals surface area (Å²) in [5.41, 5.74) is 1.22. The molecule has 2 rings (SSSR count). The molecule has 0 amide bonds. The fourth-order valence-corrected chi connectivity index (χ4v) is 2.74. The van der Waals surface area contributed by atoms with E-state index in [0.717, 1.165) is 18.9 Å². The molecule has 1 atom stereocenters. The molecule has 1 aliphatic heterocycles. The Morgan fingerprint density at radius 2 is 2.11 bits per heavy atom. The molecule has 0 aromatic carbocycles. The zero-order chi connectivity index (χ0) is 13.5. The van der Waals surface area contributed by atoms with Crippen molar-refractivity contribution >= 4 is 11.5 Å². The summed E-state index contributed by atoms with van der Waals surface area (Å²) in [6.45, 7) is 6.82. The Balaban J connectivity index is 2.05. The number of rotatable bonds is 7. The van der Waals surface area contributed by atoms with E-state index in [1.165, 1.54) is 44.2 Å². The SMILES string of the molecule is CCCCC(CC)Nc1cccnc1N1CCCC1. The van der Waals surface area contributed by atoms with Crippen LogP contribution in [0.5, 0.6) is 0 Å². The number of hydrogen-bond acceptors (Lipinski definition) is 3. The number of hydrogen-bond donors (Lipinski definition) is 1. The molecule has 3 nitrogen and oxygen atoms in total. The van der Waals surface area contributed by atoms with Crippen LogP contribution in [0.1, 0.15) is 52.4 Å². The molecule has 1 aliphatic rings. The fourth-order valence-electron chi connectivity index (χ4n) is 2.74. The van der Waals surface area contributed by atoms with Crippen molar-refractivity contribution < 1.29 is 0 Å². The second kappa shape index (κ2) is 7.37. The summed E-state index contributed by atoms with van der Waals surface area (Å²) in [5, 5.41) is 3.70. The van der Waals surface area contributed by atoms with Crippen molar-refractivity contribution in [2.24, 2.45) is 0 Å². The van der Waals surface area contributed by atoms with Crippen molar-refractivity contribution in [1.82, 2.24) is 4.98 Å². The minimum atomic E-state index is 0.575. The Labute approximate surface area is 117 Å². The van der Waals surface area contributed by atoms with E-state index < -0.39 is 0 Å². The van der Waals surface area contributed by atoms with Crippen molar-refractivity contribution in [3.63, 3.8) is 0 Å². The van der Waals surface area contributed by atoms with Gasteiger partial charge in [0.15, 0.2) is 5.82 Å². The molecule has 0 spiro atoms. The molecular weight excluding hydrogens is 234 g/mol.